The summed E-state index contributed by atoms with van der Waals surface area (Å²) in [5, 5.41) is 0. The van der Waals surface area contributed by atoms with Gasteiger partial charge in [-0.25, -0.2) is 9.59 Å². The van der Waals surface area contributed by atoms with Crippen LogP contribution in [-0.2, 0) is 19.6 Å². The highest BCUT2D eigenvalue weighted by atomic mass is 17.3. The van der Waals surface area contributed by atoms with Crippen LogP contribution in [0.1, 0.15) is 83.2 Å². The van der Waals surface area contributed by atoms with E-state index in [2.05, 4.69) is 6.92 Å². The number of carbonyl (C=O) groups is 2. The third kappa shape index (κ3) is 9.62. The minimum absolute atomic E-state index is 0.0789. The highest BCUT2D eigenvalue weighted by Gasteiger charge is 2.21. The molecule has 0 aliphatic heterocycles. The van der Waals surface area contributed by atoms with Gasteiger partial charge in [0, 0.05) is 6.42 Å². The molecule has 0 amide bonds. The smallest absolute Gasteiger partial charge is 0.289 e. The Morgan fingerprint density at radius 2 is 1.16 bits per heavy atom. The molecule has 6 heteroatoms. The first kappa shape index (κ1) is 25.6. The number of benzene rings is 2. The molecule has 172 valence electrons. The quantitative estimate of drug-likeness (QED) is 0.187. The van der Waals surface area contributed by atoms with Gasteiger partial charge >= 0.3 is 18.2 Å². The Bertz CT molecular complexity index is 786. The molecule has 0 aromatic heterocycles. The summed E-state index contributed by atoms with van der Waals surface area (Å²) in [4.78, 5) is 44.5. The van der Waals surface area contributed by atoms with E-state index in [9.17, 15) is 9.59 Å². The number of hydrogen-bond acceptors (Lipinski definition) is 6. The van der Waals surface area contributed by atoms with E-state index in [1.165, 1.54) is 0 Å². The largest absolute Gasteiger partial charge is 0.373 e. The van der Waals surface area contributed by atoms with E-state index >= 15 is 0 Å². The van der Waals surface area contributed by atoms with E-state index in [1.54, 1.807) is 36.4 Å². The lowest BCUT2D eigenvalue weighted by atomic mass is 10.1. The number of hydrogen-bond donors (Lipinski definition) is 0. The van der Waals surface area contributed by atoms with Gasteiger partial charge in [0.15, 0.2) is 0 Å². The van der Waals surface area contributed by atoms with E-state index in [-0.39, 0.29) is 6.29 Å². The van der Waals surface area contributed by atoms with Gasteiger partial charge in [-0.1, -0.05) is 80.8 Å². The van der Waals surface area contributed by atoms with E-state index in [4.69, 9.17) is 19.6 Å². The second-order valence-corrected chi connectivity index (χ2v) is 7.74. The molecule has 0 saturated heterocycles. The molecule has 0 heterocycles. The lowest BCUT2D eigenvalue weighted by molar-refractivity contribution is -0.363. The molecule has 0 bridgehead atoms. The van der Waals surface area contributed by atoms with Crippen molar-refractivity contribution in [1.29, 1.82) is 0 Å². The van der Waals surface area contributed by atoms with Gasteiger partial charge in [-0.05, 0) is 44.5 Å². The van der Waals surface area contributed by atoms with E-state index in [0.717, 1.165) is 56.1 Å². The zero-order valence-corrected chi connectivity index (χ0v) is 18.9. The van der Waals surface area contributed by atoms with Gasteiger partial charge < -0.3 is 0 Å². The minimum Gasteiger partial charge on any atom is -0.289 e. The minimum atomic E-state index is -0.659. The summed E-state index contributed by atoms with van der Waals surface area (Å²) >= 11 is 0. The molecular weight excluding hydrogens is 408 g/mol. The first-order valence-corrected chi connectivity index (χ1v) is 11.1. The molecular formula is C26H32O6. The molecule has 0 N–H and O–H groups in total. The summed E-state index contributed by atoms with van der Waals surface area (Å²) < 4.78 is 0. The van der Waals surface area contributed by atoms with Gasteiger partial charge in [-0.15, -0.1) is 9.78 Å². The van der Waals surface area contributed by atoms with Crippen molar-refractivity contribution in [3.8, 4) is 0 Å². The van der Waals surface area contributed by atoms with Gasteiger partial charge in [0.1, 0.15) is 0 Å². The van der Waals surface area contributed by atoms with Crippen molar-refractivity contribution in [1.82, 2.24) is 0 Å². The molecule has 2 radical (unpaired) electrons. The van der Waals surface area contributed by atoms with Gasteiger partial charge in [-0.2, -0.15) is 0 Å². The molecule has 0 aliphatic rings. The Kier molecular flexibility index (Phi) is 11.5. The first-order chi connectivity index (χ1) is 15.5. The first-order valence-electron chi connectivity index (χ1n) is 11.1. The van der Waals surface area contributed by atoms with Crippen LogP contribution in [0.5, 0.6) is 0 Å². The average Bonchev–Trinajstić information content (AvgIpc) is 2.79. The van der Waals surface area contributed by atoms with Crippen LogP contribution in [0.4, 0.5) is 0 Å². The van der Waals surface area contributed by atoms with Crippen molar-refractivity contribution in [2.24, 2.45) is 0 Å². The third-order valence-electron chi connectivity index (χ3n) is 4.81. The molecule has 0 spiro atoms. The fourth-order valence-corrected chi connectivity index (χ4v) is 3.06. The topological polar surface area (TPSA) is 71.1 Å². The summed E-state index contributed by atoms with van der Waals surface area (Å²) in [5.74, 6) is -1.32. The van der Waals surface area contributed by atoms with Crippen LogP contribution in [0.15, 0.2) is 48.5 Å². The maximum atomic E-state index is 12.2. The van der Waals surface area contributed by atoms with Crippen molar-refractivity contribution < 1.29 is 29.1 Å². The Morgan fingerprint density at radius 1 is 0.688 bits per heavy atom. The predicted octanol–water partition coefficient (Wildman–Crippen LogP) is 6.62. The van der Waals surface area contributed by atoms with Gasteiger partial charge in [-0.3, -0.25) is 9.78 Å². The van der Waals surface area contributed by atoms with Crippen molar-refractivity contribution in [3.63, 3.8) is 0 Å². The molecule has 0 aliphatic carbocycles. The van der Waals surface area contributed by atoms with Gasteiger partial charge in [0.2, 0.25) is 0 Å². The Hall–Kier alpha value is -2.70. The summed E-state index contributed by atoms with van der Waals surface area (Å²) in [6.45, 7) is 7.60. The molecule has 32 heavy (non-hydrogen) atoms. The molecule has 2 rings (SSSR count). The fraction of sp³-hybridized carbons (Fsp3) is 0.385. The summed E-state index contributed by atoms with van der Waals surface area (Å²) in [5.41, 5.74) is 2.55. The molecule has 0 saturated carbocycles. The van der Waals surface area contributed by atoms with Crippen LogP contribution < -0.4 is 0 Å². The highest BCUT2D eigenvalue weighted by Crippen LogP contribution is 2.20. The summed E-state index contributed by atoms with van der Waals surface area (Å²) in [6.07, 6.45) is 7.40. The van der Waals surface area contributed by atoms with Crippen LogP contribution in [0, 0.1) is 27.1 Å². The number of carbonyl (C=O) groups excluding carboxylic acids is 2. The lowest BCUT2D eigenvalue weighted by Crippen LogP contribution is -2.16. The zero-order valence-electron chi connectivity index (χ0n) is 18.9. The van der Waals surface area contributed by atoms with Crippen LogP contribution in [0.3, 0.4) is 0 Å². The van der Waals surface area contributed by atoms with Crippen LogP contribution in [-0.4, -0.2) is 11.9 Å². The molecule has 0 fully saturated rings. The van der Waals surface area contributed by atoms with Crippen LogP contribution in [0.2, 0.25) is 0 Å². The maximum Gasteiger partial charge on any atom is 0.373 e. The second kappa shape index (κ2) is 14.4. The van der Waals surface area contributed by atoms with Gasteiger partial charge in [0.05, 0.1) is 11.1 Å². The van der Waals surface area contributed by atoms with Crippen molar-refractivity contribution >= 4 is 11.9 Å². The monoisotopic (exact) mass is 440 g/mol. The summed E-state index contributed by atoms with van der Waals surface area (Å²) in [6, 6.07) is 13.9. The number of aryl methyl sites for hydroxylation is 2. The third-order valence-corrected chi connectivity index (χ3v) is 4.81. The van der Waals surface area contributed by atoms with E-state index in [0.29, 0.717) is 17.5 Å². The second-order valence-electron chi connectivity index (χ2n) is 7.74. The Labute approximate surface area is 190 Å². The lowest BCUT2D eigenvalue weighted by Gasteiger charge is -2.14. The van der Waals surface area contributed by atoms with Crippen LogP contribution in [0.25, 0.3) is 0 Å². The van der Waals surface area contributed by atoms with E-state index in [1.807, 2.05) is 26.0 Å². The molecule has 2 aromatic rings. The van der Waals surface area contributed by atoms with E-state index < -0.39 is 11.9 Å². The molecule has 0 atom stereocenters. The summed E-state index contributed by atoms with van der Waals surface area (Å²) in [7, 11) is 0. The Balaban J connectivity index is 1.86. The predicted molar refractivity (Wildman–Crippen MR) is 121 cm³/mol. The number of unbranched alkanes of at least 4 members (excludes halogenated alkanes) is 6. The molecule has 6 nitrogen and oxygen atoms in total. The standard InChI is InChI=1S/C26H32O6/c1-4-5-6-7-8-9-10-17-24(29-31-25(27)22-15-11-13-20(2)18-22)30-32-26(28)23-16-12-14-21(3)19-23/h11-16,18-19H,1,4-10,17H2,2-3H3. The zero-order chi connectivity index (χ0) is 23.2. The molecule has 2 aromatic carbocycles. The Morgan fingerprint density at radius 3 is 1.62 bits per heavy atom. The average molecular weight is 441 g/mol. The maximum absolute atomic E-state index is 12.2. The highest BCUT2D eigenvalue weighted by molar-refractivity contribution is 5.89. The normalized spacial score (nSPS) is 10.9. The van der Waals surface area contributed by atoms with Crippen LogP contribution >= 0.6 is 0 Å². The fourth-order valence-electron chi connectivity index (χ4n) is 3.06. The van der Waals surface area contributed by atoms with Crippen molar-refractivity contribution in [2.75, 3.05) is 0 Å². The SMILES string of the molecule is [CH2]CCCCCCCC[C](OOC(=O)c1cccc(C)c1)OOC(=O)c1cccc(C)c1. The van der Waals surface area contributed by atoms with Crippen molar-refractivity contribution in [3.05, 3.63) is 84.0 Å². The number of rotatable bonds is 14. The van der Waals surface area contributed by atoms with Gasteiger partial charge in [0.25, 0.3) is 0 Å². The van der Waals surface area contributed by atoms with Crippen molar-refractivity contribution in [2.45, 2.75) is 65.2 Å². The molecule has 0 unspecified atom stereocenters.